The molecule has 0 aliphatic carbocycles. The molecule has 31 heavy (non-hydrogen) atoms. The van der Waals surface area contributed by atoms with E-state index in [0.29, 0.717) is 17.1 Å². The Balaban J connectivity index is 1.65. The zero-order valence-electron chi connectivity index (χ0n) is 16.1. The van der Waals surface area contributed by atoms with Crippen molar-refractivity contribution < 1.29 is 22.0 Å². The average Bonchev–Trinajstić information content (AvgIpc) is 3.24. The molecule has 3 heterocycles. The predicted octanol–water partition coefficient (Wildman–Crippen LogP) is 5.78. The lowest BCUT2D eigenvalue weighted by Gasteiger charge is -2.13. The first-order chi connectivity index (χ1) is 14.7. The number of hydrogen-bond acceptors (Lipinski definition) is 3. The highest BCUT2D eigenvalue weighted by atomic mass is 19.4. The normalized spacial score (nSPS) is 12.7. The fourth-order valence-electron chi connectivity index (χ4n) is 3.10. The first-order valence-corrected chi connectivity index (χ1v) is 9.25. The van der Waals surface area contributed by atoms with Gasteiger partial charge in [0.15, 0.2) is 11.5 Å². The number of nitrogens with zero attached hydrogens (tertiary/aromatic N) is 4. The van der Waals surface area contributed by atoms with Crippen LogP contribution in [0.1, 0.15) is 29.9 Å². The quantitative estimate of drug-likeness (QED) is 0.386. The molecule has 4 rings (SSSR count). The Morgan fingerprint density at radius 2 is 1.58 bits per heavy atom. The summed E-state index contributed by atoms with van der Waals surface area (Å²) in [5.41, 5.74) is 0.602. The molecular weight excluding hydrogens is 415 g/mol. The van der Waals surface area contributed by atoms with Gasteiger partial charge in [-0.2, -0.15) is 18.3 Å². The van der Waals surface area contributed by atoms with Gasteiger partial charge in [-0.05, 0) is 42.5 Å². The largest absolute Gasteiger partial charge is 0.435 e. The molecule has 4 nitrogen and oxygen atoms in total. The second-order valence-electron chi connectivity index (χ2n) is 6.86. The summed E-state index contributed by atoms with van der Waals surface area (Å²) in [4.78, 5) is 8.89. The summed E-state index contributed by atoms with van der Waals surface area (Å²) in [5, 5.41) is 3.54. The van der Waals surface area contributed by atoms with Crippen molar-refractivity contribution in [3.8, 4) is 17.1 Å². The average molecular weight is 430 g/mol. The van der Waals surface area contributed by atoms with E-state index in [2.05, 4.69) is 15.1 Å². The molecule has 0 radical (unpaired) electrons. The van der Waals surface area contributed by atoms with Crippen LogP contribution in [0.5, 0.6) is 0 Å². The highest BCUT2D eigenvalue weighted by Crippen LogP contribution is 2.29. The summed E-state index contributed by atoms with van der Waals surface area (Å²) >= 11 is 0. The fourth-order valence-corrected chi connectivity index (χ4v) is 3.10. The Hall–Kier alpha value is -3.62. The maximum absolute atomic E-state index is 14.1. The highest BCUT2D eigenvalue weighted by Gasteiger charge is 2.33. The molecule has 1 unspecified atom stereocenters. The van der Waals surface area contributed by atoms with Crippen molar-refractivity contribution in [1.29, 1.82) is 0 Å². The van der Waals surface area contributed by atoms with Crippen LogP contribution in [-0.4, -0.2) is 19.7 Å². The van der Waals surface area contributed by atoms with E-state index in [1.165, 1.54) is 12.3 Å². The van der Waals surface area contributed by atoms with E-state index in [-0.39, 0.29) is 17.3 Å². The number of halogens is 5. The van der Waals surface area contributed by atoms with Crippen molar-refractivity contribution in [2.75, 3.05) is 0 Å². The number of pyridine rings is 2. The molecule has 0 spiro atoms. The Morgan fingerprint density at radius 3 is 2.26 bits per heavy atom. The van der Waals surface area contributed by atoms with E-state index < -0.39 is 23.5 Å². The van der Waals surface area contributed by atoms with E-state index in [4.69, 9.17) is 0 Å². The van der Waals surface area contributed by atoms with Crippen LogP contribution in [0, 0.1) is 11.6 Å². The second kappa shape index (κ2) is 7.90. The van der Waals surface area contributed by atoms with Crippen molar-refractivity contribution in [3.05, 3.63) is 95.6 Å². The van der Waals surface area contributed by atoms with Crippen LogP contribution >= 0.6 is 0 Å². The summed E-state index contributed by atoms with van der Waals surface area (Å²) < 4.78 is 66.9. The summed E-state index contributed by atoms with van der Waals surface area (Å²) in [6, 6.07) is 14.1. The van der Waals surface area contributed by atoms with Crippen LogP contribution in [0.25, 0.3) is 17.1 Å². The van der Waals surface area contributed by atoms with Gasteiger partial charge in [0.05, 0.1) is 11.4 Å². The van der Waals surface area contributed by atoms with Gasteiger partial charge in [0.25, 0.3) is 0 Å². The molecule has 1 aromatic carbocycles. The van der Waals surface area contributed by atoms with Gasteiger partial charge >= 0.3 is 6.18 Å². The molecule has 158 valence electrons. The van der Waals surface area contributed by atoms with Gasteiger partial charge < -0.3 is 0 Å². The number of aromatic nitrogens is 4. The Labute approximate surface area is 174 Å². The molecule has 0 saturated carbocycles. The van der Waals surface area contributed by atoms with Crippen molar-refractivity contribution in [1.82, 2.24) is 19.7 Å². The molecule has 0 aliphatic heterocycles. The van der Waals surface area contributed by atoms with E-state index >= 15 is 0 Å². The molecule has 0 amide bonds. The number of benzene rings is 1. The van der Waals surface area contributed by atoms with Crippen LogP contribution in [0.4, 0.5) is 22.0 Å². The molecule has 0 fully saturated rings. The third-order valence-electron chi connectivity index (χ3n) is 4.74. The van der Waals surface area contributed by atoms with Crippen LogP contribution in [0.3, 0.4) is 0 Å². The minimum atomic E-state index is -4.55. The molecule has 3 aromatic heterocycles. The predicted molar refractivity (Wildman–Crippen MR) is 103 cm³/mol. The van der Waals surface area contributed by atoms with E-state index in [9.17, 15) is 22.0 Å². The lowest BCUT2D eigenvalue weighted by molar-refractivity contribution is -0.141. The van der Waals surface area contributed by atoms with Gasteiger partial charge in [0.2, 0.25) is 0 Å². The van der Waals surface area contributed by atoms with E-state index in [0.717, 1.165) is 22.9 Å². The summed E-state index contributed by atoms with van der Waals surface area (Å²) in [6.07, 6.45) is -3.36. The van der Waals surface area contributed by atoms with Crippen molar-refractivity contribution >= 4 is 0 Å². The van der Waals surface area contributed by atoms with Crippen LogP contribution < -0.4 is 0 Å². The highest BCUT2D eigenvalue weighted by molar-refractivity contribution is 5.60. The van der Waals surface area contributed by atoms with Gasteiger partial charge in [0, 0.05) is 29.4 Å². The lowest BCUT2D eigenvalue weighted by atomic mass is 10.0. The van der Waals surface area contributed by atoms with Crippen molar-refractivity contribution in [2.45, 2.75) is 19.0 Å². The molecule has 9 heteroatoms. The molecule has 0 bridgehead atoms. The maximum atomic E-state index is 14.1. The van der Waals surface area contributed by atoms with E-state index in [1.54, 1.807) is 36.4 Å². The van der Waals surface area contributed by atoms with Crippen molar-refractivity contribution in [2.24, 2.45) is 0 Å². The topological polar surface area (TPSA) is 43.6 Å². The first-order valence-electron chi connectivity index (χ1n) is 9.25. The Bertz CT molecular complexity index is 1230. The third kappa shape index (κ3) is 4.30. The molecule has 0 N–H and O–H groups in total. The monoisotopic (exact) mass is 430 g/mol. The van der Waals surface area contributed by atoms with Crippen LogP contribution in [-0.2, 0) is 6.18 Å². The first kappa shape index (κ1) is 20.6. The van der Waals surface area contributed by atoms with Gasteiger partial charge in [-0.25, -0.2) is 18.4 Å². The van der Waals surface area contributed by atoms with Crippen LogP contribution in [0.15, 0.2) is 66.9 Å². The Kier molecular flexibility index (Phi) is 5.26. The summed E-state index contributed by atoms with van der Waals surface area (Å²) in [6.45, 7) is 1.82. The van der Waals surface area contributed by atoms with Gasteiger partial charge in [0.1, 0.15) is 11.6 Å². The van der Waals surface area contributed by atoms with Crippen molar-refractivity contribution in [3.63, 3.8) is 0 Å². The Morgan fingerprint density at radius 1 is 0.871 bits per heavy atom. The zero-order valence-corrected chi connectivity index (χ0v) is 16.1. The zero-order chi connectivity index (χ0) is 22.2. The van der Waals surface area contributed by atoms with Crippen LogP contribution in [0.2, 0.25) is 0 Å². The molecular formula is C22H15F5N4. The fraction of sp³-hybridized carbons (Fsp3) is 0.136. The number of alkyl halides is 3. The third-order valence-corrected chi connectivity index (χ3v) is 4.74. The SMILES string of the molecule is CC(c1cccc(-c2ccc(F)cc2F)n1)c1cccc(-n2ccc(C(F)(F)F)n2)n1. The second-order valence-corrected chi connectivity index (χ2v) is 6.86. The molecule has 1 atom stereocenters. The smallest absolute Gasteiger partial charge is 0.252 e. The maximum Gasteiger partial charge on any atom is 0.435 e. The summed E-state index contributed by atoms with van der Waals surface area (Å²) in [7, 11) is 0. The van der Waals surface area contributed by atoms with Gasteiger partial charge in [-0.15, -0.1) is 0 Å². The number of hydrogen-bond donors (Lipinski definition) is 0. The number of rotatable bonds is 4. The van der Waals surface area contributed by atoms with Gasteiger partial charge in [-0.3, -0.25) is 4.98 Å². The van der Waals surface area contributed by atoms with E-state index in [1.807, 2.05) is 6.92 Å². The molecule has 4 aromatic rings. The minimum Gasteiger partial charge on any atom is -0.252 e. The standard InChI is InChI=1S/C22H15F5N4/c1-13(17-4-2-6-19(28-17)15-9-8-14(23)12-16(15)24)18-5-3-7-21(29-18)31-11-10-20(30-31)22(25,26)27/h2-13H,1H3. The summed E-state index contributed by atoms with van der Waals surface area (Å²) in [5.74, 6) is -1.53. The molecule has 0 aliphatic rings. The lowest BCUT2D eigenvalue weighted by Crippen LogP contribution is -2.09. The van der Waals surface area contributed by atoms with Gasteiger partial charge in [-0.1, -0.05) is 19.1 Å². The molecule has 0 saturated heterocycles. The minimum absolute atomic E-state index is 0.161.